The van der Waals surface area contributed by atoms with E-state index in [9.17, 15) is 9.59 Å². The highest BCUT2D eigenvalue weighted by molar-refractivity contribution is 6.47. The Hall–Kier alpha value is -3.21. The van der Waals surface area contributed by atoms with Crippen molar-refractivity contribution >= 4 is 28.4 Å². The zero-order chi connectivity index (χ0) is 20.6. The van der Waals surface area contributed by atoms with Crippen molar-refractivity contribution in [3.63, 3.8) is 0 Å². The first kappa shape index (κ1) is 20.5. The minimum absolute atomic E-state index is 0.200. The van der Waals surface area contributed by atoms with Gasteiger partial charge in [-0.2, -0.15) is 0 Å². The maximum atomic E-state index is 13.3. The van der Waals surface area contributed by atoms with Gasteiger partial charge >= 0.3 is 5.97 Å². The van der Waals surface area contributed by atoms with Gasteiger partial charge in [-0.25, -0.2) is 4.79 Å². The average molecular weight is 390 g/mol. The molecule has 1 aromatic heterocycles. The summed E-state index contributed by atoms with van der Waals surface area (Å²) in [6, 6.07) is 17.7. The molecule has 0 saturated carbocycles. The van der Waals surface area contributed by atoms with Gasteiger partial charge in [-0.05, 0) is 31.0 Å². The number of carbonyl (C=O) groups is 2. The number of oxime groups is 1. The predicted octanol–water partition coefficient (Wildman–Crippen LogP) is 5.70. The van der Waals surface area contributed by atoms with E-state index in [2.05, 4.69) is 12.1 Å². The monoisotopic (exact) mass is 390 g/mol. The van der Waals surface area contributed by atoms with E-state index in [1.807, 2.05) is 65.4 Å². The first-order valence-electron chi connectivity index (χ1n) is 10.1. The molecule has 0 spiro atoms. The van der Waals surface area contributed by atoms with Gasteiger partial charge in [-0.1, -0.05) is 67.7 Å². The van der Waals surface area contributed by atoms with Crippen LogP contribution in [-0.2, 0) is 9.63 Å². The van der Waals surface area contributed by atoms with Gasteiger partial charge in [0.05, 0.1) is 5.52 Å². The summed E-state index contributed by atoms with van der Waals surface area (Å²) >= 11 is 0. The van der Waals surface area contributed by atoms with Gasteiger partial charge < -0.3 is 9.40 Å². The lowest BCUT2D eigenvalue weighted by molar-refractivity contribution is -0.140. The quantitative estimate of drug-likeness (QED) is 0.155. The lowest BCUT2D eigenvalue weighted by Gasteiger charge is -2.05. The molecule has 0 amide bonds. The Morgan fingerprint density at radius 3 is 2.41 bits per heavy atom. The molecule has 0 radical (unpaired) electrons. The van der Waals surface area contributed by atoms with Crippen LogP contribution in [0.3, 0.4) is 0 Å². The highest BCUT2D eigenvalue weighted by Gasteiger charge is 2.21. The molecule has 0 aliphatic rings. The van der Waals surface area contributed by atoms with Crippen LogP contribution < -0.4 is 0 Å². The van der Waals surface area contributed by atoms with E-state index in [0.29, 0.717) is 12.0 Å². The first-order valence-corrected chi connectivity index (χ1v) is 10.1. The van der Waals surface area contributed by atoms with Crippen LogP contribution in [0.1, 0.15) is 56.3 Å². The molecule has 0 aliphatic heterocycles. The van der Waals surface area contributed by atoms with Crippen LogP contribution in [-0.4, -0.2) is 22.0 Å². The summed E-state index contributed by atoms with van der Waals surface area (Å²) in [6.07, 6.45) is 6.37. The van der Waals surface area contributed by atoms with Gasteiger partial charge in [-0.3, -0.25) is 4.79 Å². The highest BCUT2D eigenvalue weighted by atomic mass is 16.7. The van der Waals surface area contributed by atoms with E-state index in [4.69, 9.17) is 4.84 Å². The molecular formula is C24H26N2O3. The molecule has 150 valence electrons. The number of ketones is 1. The Kier molecular flexibility index (Phi) is 6.95. The van der Waals surface area contributed by atoms with Crippen molar-refractivity contribution in [2.24, 2.45) is 5.16 Å². The molecule has 5 heteroatoms. The second-order valence-electron chi connectivity index (χ2n) is 7.03. The van der Waals surface area contributed by atoms with Crippen molar-refractivity contribution in [3.8, 4) is 5.69 Å². The third-order valence-corrected chi connectivity index (χ3v) is 4.80. The summed E-state index contributed by atoms with van der Waals surface area (Å²) in [6.45, 7) is 3.42. The molecule has 2 aromatic carbocycles. The van der Waals surface area contributed by atoms with Gasteiger partial charge in [0, 0.05) is 29.8 Å². The molecule has 3 rings (SSSR count). The van der Waals surface area contributed by atoms with Crippen molar-refractivity contribution in [1.82, 2.24) is 4.57 Å². The van der Waals surface area contributed by atoms with Crippen LogP contribution in [0.25, 0.3) is 16.6 Å². The van der Waals surface area contributed by atoms with E-state index < -0.39 is 5.97 Å². The molecule has 0 bridgehead atoms. The predicted molar refractivity (Wildman–Crippen MR) is 116 cm³/mol. The fourth-order valence-corrected chi connectivity index (χ4v) is 3.36. The van der Waals surface area contributed by atoms with Crippen LogP contribution in [0, 0.1) is 0 Å². The Morgan fingerprint density at radius 1 is 0.966 bits per heavy atom. The number of para-hydroxylation sites is 2. The number of nitrogens with zero attached hydrogens (tertiary/aromatic N) is 2. The molecule has 3 aromatic rings. The van der Waals surface area contributed by atoms with E-state index in [1.54, 1.807) is 0 Å². The molecule has 0 aliphatic carbocycles. The molecule has 0 unspecified atom stereocenters. The smallest absolute Gasteiger partial charge is 0.318 e. The number of carbonyl (C=O) groups excluding carboxylic acids is 2. The molecular weight excluding hydrogens is 364 g/mol. The van der Waals surface area contributed by atoms with Crippen LogP contribution >= 0.6 is 0 Å². The number of hydrogen-bond acceptors (Lipinski definition) is 4. The number of rotatable bonds is 9. The topological polar surface area (TPSA) is 60.7 Å². The Bertz CT molecular complexity index is 1020. The number of aromatic nitrogens is 1. The molecule has 1 heterocycles. The third-order valence-electron chi connectivity index (χ3n) is 4.80. The third kappa shape index (κ3) is 4.99. The average Bonchev–Trinajstić information content (AvgIpc) is 3.13. The second kappa shape index (κ2) is 9.82. The van der Waals surface area contributed by atoms with Crippen molar-refractivity contribution in [2.75, 3.05) is 0 Å². The minimum Gasteiger partial charge on any atom is -0.318 e. The van der Waals surface area contributed by atoms with Crippen molar-refractivity contribution in [2.45, 2.75) is 46.0 Å². The minimum atomic E-state index is -0.532. The summed E-state index contributed by atoms with van der Waals surface area (Å²) in [4.78, 5) is 29.4. The highest BCUT2D eigenvalue weighted by Crippen LogP contribution is 2.26. The van der Waals surface area contributed by atoms with Gasteiger partial charge in [0.15, 0.2) is 0 Å². The van der Waals surface area contributed by atoms with Crippen LogP contribution in [0.5, 0.6) is 0 Å². The van der Waals surface area contributed by atoms with Crippen molar-refractivity contribution < 1.29 is 14.4 Å². The van der Waals surface area contributed by atoms with E-state index in [1.165, 1.54) is 6.92 Å². The lowest BCUT2D eigenvalue weighted by atomic mass is 10.0. The molecule has 5 nitrogen and oxygen atoms in total. The van der Waals surface area contributed by atoms with Crippen LogP contribution in [0.15, 0.2) is 65.9 Å². The zero-order valence-corrected chi connectivity index (χ0v) is 16.9. The molecule has 29 heavy (non-hydrogen) atoms. The van der Waals surface area contributed by atoms with E-state index in [0.717, 1.165) is 42.3 Å². The summed E-state index contributed by atoms with van der Waals surface area (Å²) in [5.74, 6) is -0.732. The molecule has 0 N–H and O–H groups in total. The number of Topliss-reactive ketones (excluding diaryl/α,β-unsaturated/α-hetero) is 1. The van der Waals surface area contributed by atoms with E-state index in [-0.39, 0.29) is 11.5 Å². The number of benzene rings is 2. The SMILES string of the molecule is CCCCCC/C(=N\OC(C)=O)C(=O)c1cn(-c2ccccc2)c2ccccc12. The van der Waals surface area contributed by atoms with Crippen LogP contribution in [0.4, 0.5) is 0 Å². The van der Waals surface area contributed by atoms with Gasteiger partial charge in [-0.15, -0.1) is 0 Å². The standard InChI is InChI=1S/C24H26N2O3/c1-3-4-5-9-15-22(25-29-18(2)27)24(28)21-17-26(19-12-7-6-8-13-19)23-16-11-10-14-20(21)23/h6-8,10-14,16-17H,3-5,9,15H2,1-2H3/b25-22+. The molecule has 0 atom stereocenters. The molecule has 0 saturated heterocycles. The number of fused-ring (bicyclic) bond motifs is 1. The summed E-state index contributed by atoms with van der Waals surface area (Å²) in [5, 5.41) is 4.75. The Morgan fingerprint density at radius 2 is 1.69 bits per heavy atom. The number of hydrogen-bond donors (Lipinski definition) is 0. The van der Waals surface area contributed by atoms with Crippen molar-refractivity contribution in [1.29, 1.82) is 0 Å². The van der Waals surface area contributed by atoms with Gasteiger partial charge in [0.1, 0.15) is 5.71 Å². The van der Waals surface area contributed by atoms with Gasteiger partial charge in [0.25, 0.3) is 0 Å². The van der Waals surface area contributed by atoms with Crippen LogP contribution in [0.2, 0.25) is 0 Å². The van der Waals surface area contributed by atoms with E-state index >= 15 is 0 Å². The first-order chi connectivity index (χ1) is 14.1. The summed E-state index contributed by atoms with van der Waals surface area (Å²) < 4.78 is 2.00. The second-order valence-corrected chi connectivity index (χ2v) is 7.03. The summed E-state index contributed by atoms with van der Waals surface area (Å²) in [7, 11) is 0. The maximum Gasteiger partial charge on any atom is 0.331 e. The fourth-order valence-electron chi connectivity index (χ4n) is 3.36. The largest absolute Gasteiger partial charge is 0.331 e. The maximum absolute atomic E-state index is 13.3. The lowest BCUT2D eigenvalue weighted by Crippen LogP contribution is -2.15. The van der Waals surface area contributed by atoms with Crippen molar-refractivity contribution in [3.05, 3.63) is 66.4 Å². The zero-order valence-electron chi connectivity index (χ0n) is 16.9. The Labute approximate surface area is 171 Å². The summed E-state index contributed by atoms with van der Waals surface area (Å²) in [5.41, 5.74) is 2.77. The molecule has 0 fully saturated rings. The Balaban J connectivity index is 1.99. The number of unbranched alkanes of at least 4 members (excludes halogenated alkanes) is 3. The fraction of sp³-hybridized carbons (Fsp3) is 0.292. The normalized spacial score (nSPS) is 11.6. The van der Waals surface area contributed by atoms with Gasteiger partial charge in [0.2, 0.25) is 5.78 Å².